The second-order valence-electron chi connectivity index (χ2n) is 7.04. The van der Waals surface area contributed by atoms with E-state index in [0.717, 1.165) is 12.8 Å². The minimum atomic E-state index is -1.52. The molecule has 0 saturated carbocycles. The first-order valence-corrected chi connectivity index (χ1v) is 9.09. The molecule has 1 aliphatic heterocycles. The third-order valence-electron chi connectivity index (χ3n) is 4.53. The van der Waals surface area contributed by atoms with Gasteiger partial charge in [-0.3, -0.25) is 0 Å². The van der Waals surface area contributed by atoms with Gasteiger partial charge in [0.25, 0.3) is 5.79 Å². The number of ether oxygens (including phenoxy) is 2. The van der Waals surface area contributed by atoms with Crippen LogP contribution in [0.2, 0.25) is 0 Å². The molecule has 1 aromatic carbocycles. The van der Waals surface area contributed by atoms with Crippen LogP contribution >= 0.6 is 0 Å². The van der Waals surface area contributed by atoms with Crippen molar-refractivity contribution in [3.63, 3.8) is 0 Å². The molecule has 27 heavy (non-hydrogen) atoms. The Morgan fingerprint density at radius 2 is 1.93 bits per heavy atom. The summed E-state index contributed by atoms with van der Waals surface area (Å²) < 4.78 is 10.8. The molecule has 0 bridgehead atoms. The molecule has 2 N–H and O–H groups in total. The average Bonchev–Trinajstić information content (AvgIpc) is 2.94. The number of carbonyl (C=O) groups is 1. The van der Waals surface area contributed by atoms with Gasteiger partial charge in [-0.2, -0.15) is 0 Å². The van der Waals surface area contributed by atoms with E-state index in [1.807, 2.05) is 0 Å². The number of cyclic esters (lactones) is 1. The molecule has 1 aromatic rings. The first kappa shape index (κ1) is 20.8. The highest BCUT2D eigenvalue weighted by Crippen LogP contribution is 2.42. The molecule has 0 radical (unpaired) electrons. The second kappa shape index (κ2) is 8.91. The topological polar surface area (TPSA) is 76.0 Å². The highest BCUT2D eigenvalue weighted by atomic mass is 16.7. The molecule has 0 aromatic heterocycles. The number of benzene rings is 1. The maximum Gasteiger partial charge on any atom is 0.336 e. The SMILES string of the molecule is CO[C@@]1(c2cc(O)ccc2O)C=C(CC/C=C(\C)CCC=C(C)C)C(=O)O1. The molecule has 0 amide bonds. The Labute approximate surface area is 160 Å². The Balaban J connectivity index is 2.10. The summed E-state index contributed by atoms with van der Waals surface area (Å²) in [5.74, 6) is -2.16. The van der Waals surface area contributed by atoms with Gasteiger partial charge in [0.15, 0.2) is 0 Å². The summed E-state index contributed by atoms with van der Waals surface area (Å²) >= 11 is 0. The van der Waals surface area contributed by atoms with Gasteiger partial charge >= 0.3 is 5.97 Å². The lowest BCUT2D eigenvalue weighted by molar-refractivity contribution is -0.193. The molecular weight excluding hydrogens is 344 g/mol. The van der Waals surface area contributed by atoms with Gasteiger partial charge in [0, 0.05) is 18.8 Å². The Hall–Kier alpha value is -2.53. The minimum absolute atomic E-state index is 0.0490. The monoisotopic (exact) mass is 372 g/mol. The van der Waals surface area contributed by atoms with E-state index in [1.165, 1.54) is 36.5 Å². The van der Waals surface area contributed by atoms with Crippen LogP contribution in [-0.2, 0) is 20.1 Å². The third-order valence-corrected chi connectivity index (χ3v) is 4.53. The van der Waals surface area contributed by atoms with Gasteiger partial charge in [0.1, 0.15) is 11.5 Å². The van der Waals surface area contributed by atoms with Crippen LogP contribution in [0.5, 0.6) is 11.5 Å². The molecule has 0 fully saturated rings. The van der Waals surface area contributed by atoms with E-state index in [9.17, 15) is 15.0 Å². The summed E-state index contributed by atoms with van der Waals surface area (Å²) in [6, 6.07) is 4.02. The fraction of sp³-hybridized carbons (Fsp3) is 0.409. The van der Waals surface area contributed by atoms with Crippen LogP contribution in [0.4, 0.5) is 0 Å². The zero-order valence-electron chi connectivity index (χ0n) is 16.4. The number of rotatable bonds is 8. The summed E-state index contributed by atoms with van der Waals surface area (Å²) in [5, 5.41) is 19.8. The standard InChI is InChI=1S/C22H28O5/c1-15(2)7-5-8-16(3)9-6-10-17-14-22(26-4,27-21(17)25)19-13-18(23)11-12-20(19)24/h7,9,11-14,23-24H,5-6,8,10H2,1-4H3/b16-9+/t22-/m0/s1. The smallest absolute Gasteiger partial charge is 0.336 e. The van der Waals surface area contributed by atoms with Gasteiger partial charge in [-0.05, 0) is 64.7 Å². The molecule has 0 unspecified atom stereocenters. The number of esters is 1. The maximum absolute atomic E-state index is 12.3. The van der Waals surface area contributed by atoms with Crippen molar-refractivity contribution < 1.29 is 24.5 Å². The number of hydrogen-bond acceptors (Lipinski definition) is 5. The second-order valence-corrected chi connectivity index (χ2v) is 7.04. The van der Waals surface area contributed by atoms with E-state index in [0.29, 0.717) is 18.4 Å². The van der Waals surface area contributed by atoms with Crippen molar-refractivity contribution in [1.29, 1.82) is 0 Å². The van der Waals surface area contributed by atoms with Crippen LogP contribution in [-0.4, -0.2) is 23.3 Å². The van der Waals surface area contributed by atoms with Crippen molar-refractivity contribution in [3.05, 3.63) is 58.7 Å². The summed E-state index contributed by atoms with van der Waals surface area (Å²) in [6.07, 6.45) is 9.16. The Kier molecular flexibility index (Phi) is 6.86. The van der Waals surface area contributed by atoms with Crippen molar-refractivity contribution in [2.75, 3.05) is 7.11 Å². The molecule has 0 saturated heterocycles. The Bertz CT molecular complexity index is 784. The van der Waals surface area contributed by atoms with Crippen molar-refractivity contribution in [2.24, 2.45) is 0 Å². The summed E-state index contributed by atoms with van der Waals surface area (Å²) in [6.45, 7) is 6.26. The molecule has 1 aliphatic rings. The third kappa shape index (κ3) is 5.23. The van der Waals surface area contributed by atoms with Crippen molar-refractivity contribution >= 4 is 5.97 Å². The van der Waals surface area contributed by atoms with Gasteiger partial charge in [-0.1, -0.05) is 23.3 Å². The molecule has 0 aliphatic carbocycles. The Morgan fingerprint density at radius 3 is 2.59 bits per heavy atom. The molecule has 5 nitrogen and oxygen atoms in total. The lowest BCUT2D eigenvalue weighted by atomic mass is 10.0. The predicted molar refractivity (Wildman–Crippen MR) is 104 cm³/mol. The van der Waals surface area contributed by atoms with Gasteiger partial charge < -0.3 is 19.7 Å². The predicted octanol–water partition coefficient (Wildman–Crippen LogP) is 4.85. The maximum atomic E-state index is 12.3. The highest BCUT2D eigenvalue weighted by molar-refractivity contribution is 5.91. The van der Waals surface area contributed by atoms with Crippen molar-refractivity contribution in [2.45, 2.75) is 52.2 Å². The first-order valence-electron chi connectivity index (χ1n) is 9.09. The molecule has 146 valence electrons. The van der Waals surface area contributed by atoms with Crippen LogP contribution in [0.15, 0.2) is 53.1 Å². The van der Waals surface area contributed by atoms with Crippen molar-refractivity contribution in [1.82, 2.24) is 0 Å². The number of carbonyl (C=O) groups excluding carboxylic acids is 1. The van der Waals surface area contributed by atoms with E-state index >= 15 is 0 Å². The Morgan fingerprint density at radius 1 is 1.19 bits per heavy atom. The zero-order chi connectivity index (χ0) is 20.0. The average molecular weight is 372 g/mol. The van der Waals surface area contributed by atoms with Gasteiger partial charge in [0.05, 0.1) is 5.56 Å². The number of phenolic OH excluding ortho intramolecular Hbond substituents is 2. The van der Waals surface area contributed by atoms with Crippen molar-refractivity contribution in [3.8, 4) is 11.5 Å². The van der Waals surface area contributed by atoms with E-state index < -0.39 is 11.8 Å². The molecule has 5 heteroatoms. The van der Waals surface area contributed by atoms with Crippen LogP contribution in [0.3, 0.4) is 0 Å². The lowest BCUT2D eigenvalue weighted by Gasteiger charge is -2.25. The highest BCUT2D eigenvalue weighted by Gasteiger charge is 2.43. The van der Waals surface area contributed by atoms with E-state index in [4.69, 9.17) is 9.47 Å². The molecule has 1 heterocycles. The molecular formula is C22H28O5. The van der Waals surface area contributed by atoms with Gasteiger partial charge in [-0.25, -0.2) is 4.79 Å². The fourth-order valence-corrected chi connectivity index (χ4v) is 3.01. The van der Waals surface area contributed by atoms with Crippen LogP contribution in [0.25, 0.3) is 0 Å². The lowest BCUT2D eigenvalue weighted by Crippen LogP contribution is -2.27. The van der Waals surface area contributed by atoms with Crippen LogP contribution < -0.4 is 0 Å². The number of hydrogen-bond donors (Lipinski definition) is 2. The van der Waals surface area contributed by atoms with E-state index in [1.54, 1.807) is 6.08 Å². The number of methoxy groups -OCH3 is 1. The first-order chi connectivity index (χ1) is 12.8. The van der Waals surface area contributed by atoms with E-state index in [2.05, 4.69) is 32.9 Å². The number of allylic oxidation sites excluding steroid dienone is 4. The normalized spacial score (nSPS) is 19.6. The molecule has 0 spiro atoms. The summed E-state index contributed by atoms with van der Waals surface area (Å²) in [4.78, 5) is 12.3. The fourth-order valence-electron chi connectivity index (χ4n) is 3.01. The van der Waals surface area contributed by atoms with Gasteiger partial charge in [-0.15, -0.1) is 0 Å². The van der Waals surface area contributed by atoms with Gasteiger partial charge in [0.2, 0.25) is 0 Å². The molecule has 1 atom stereocenters. The zero-order valence-corrected chi connectivity index (χ0v) is 16.4. The summed E-state index contributed by atoms with van der Waals surface area (Å²) in [5.41, 5.74) is 3.28. The molecule has 2 rings (SSSR count). The summed E-state index contributed by atoms with van der Waals surface area (Å²) in [7, 11) is 1.39. The number of phenols is 2. The largest absolute Gasteiger partial charge is 0.508 e. The minimum Gasteiger partial charge on any atom is -0.508 e. The van der Waals surface area contributed by atoms with Crippen LogP contribution in [0, 0.1) is 0 Å². The quantitative estimate of drug-likeness (QED) is 0.387. The number of aromatic hydroxyl groups is 2. The van der Waals surface area contributed by atoms with Crippen LogP contribution in [0.1, 0.15) is 52.0 Å². The van der Waals surface area contributed by atoms with E-state index in [-0.39, 0.29) is 17.1 Å².